The number of nitrogens with zero attached hydrogens (tertiary/aromatic N) is 1. The van der Waals surface area contributed by atoms with Gasteiger partial charge in [-0.25, -0.2) is 4.90 Å². The third kappa shape index (κ3) is 3.77. The van der Waals surface area contributed by atoms with E-state index < -0.39 is 5.25 Å². The maximum atomic E-state index is 12.3. The number of amides is 2. The standard InChI is InChI=1S/C14H14ClNO4S/c1-2-20-13(18)8-21-11-7-12(17)16(14(11)19)10-5-3-9(15)4-6-10/h3-6,11H,2,7-8H2,1H3/t11-/m1/s1. The Morgan fingerprint density at radius 2 is 2.05 bits per heavy atom. The van der Waals surface area contributed by atoms with Crippen molar-refractivity contribution in [2.45, 2.75) is 18.6 Å². The highest BCUT2D eigenvalue weighted by Gasteiger charge is 2.40. The minimum atomic E-state index is -0.544. The van der Waals surface area contributed by atoms with Gasteiger partial charge >= 0.3 is 5.97 Å². The number of rotatable bonds is 5. The SMILES string of the molecule is CCOC(=O)CS[C@@H]1CC(=O)N(c2ccc(Cl)cc2)C1=O. The summed E-state index contributed by atoms with van der Waals surface area (Å²) in [7, 11) is 0. The largest absolute Gasteiger partial charge is 0.465 e. The Bertz CT molecular complexity index is 561. The summed E-state index contributed by atoms with van der Waals surface area (Å²) >= 11 is 6.92. The molecule has 112 valence electrons. The molecule has 1 aromatic rings. The number of imide groups is 1. The molecule has 1 fully saturated rings. The zero-order valence-corrected chi connectivity index (χ0v) is 12.9. The number of esters is 1. The molecule has 21 heavy (non-hydrogen) atoms. The Kier molecular flexibility index (Phi) is 5.25. The molecule has 1 heterocycles. The molecule has 1 saturated heterocycles. The van der Waals surface area contributed by atoms with Crippen LogP contribution in [0.2, 0.25) is 5.02 Å². The monoisotopic (exact) mass is 327 g/mol. The lowest BCUT2D eigenvalue weighted by molar-refractivity contribution is -0.139. The summed E-state index contributed by atoms with van der Waals surface area (Å²) in [4.78, 5) is 36.7. The third-order valence-corrected chi connectivity index (χ3v) is 4.32. The number of anilines is 1. The van der Waals surface area contributed by atoms with Gasteiger partial charge in [0, 0.05) is 11.4 Å². The van der Waals surface area contributed by atoms with Crippen LogP contribution in [0.5, 0.6) is 0 Å². The van der Waals surface area contributed by atoms with Crippen molar-refractivity contribution in [2.75, 3.05) is 17.3 Å². The van der Waals surface area contributed by atoms with E-state index in [9.17, 15) is 14.4 Å². The van der Waals surface area contributed by atoms with Crippen molar-refractivity contribution < 1.29 is 19.1 Å². The quantitative estimate of drug-likeness (QED) is 0.613. The molecule has 0 aliphatic carbocycles. The van der Waals surface area contributed by atoms with Gasteiger partial charge in [0.05, 0.1) is 23.3 Å². The van der Waals surface area contributed by atoms with Gasteiger partial charge in [-0.3, -0.25) is 14.4 Å². The van der Waals surface area contributed by atoms with Gasteiger partial charge in [-0.15, -0.1) is 11.8 Å². The summed E-state index contributed by atoms with van der Waals surface area (Å²) < 4.78 is 4.80. The van der Waals surface area contributed by atoms with Gasteiger partial charge in [-0.05, 0) is 31.2 Å². The van der Waals surface area contributed by atoms with Gasteiger partial charge in [0.2, 0.25) is 11.8 Å². The molecule has 1 aromatic carbocycles. The minimum absolute atomic E-state index is 0.0615. The zero-order valence-electron chi connectivity index (χ0n) is 11.4. The number of benzene rings is 1. The van der Waals surface area contributed by atoms with Gasteiger partial charge in [0.15, 0.2) is 0 Å². The fraction of sp³-hybridized carbons (Fsp3) is 0.357. The lowest BCUT2D eigenvalue weighted by atomic mass is 10.3. The van der Waals surface area contributed by atoms with Gasteiger partial charge in [0.25, 0.3) is 0 Å². The summed E-state index contributed by atoms with van der Waals surface area (Å²) in [5.74, 6) is -0.903. The topological polar surface area (TPSA) is 63.7 Å². The van der Waals surface area contributed by atoms with E-state index in [1.54, 1.807) is 31.2 Å². The lowest BCUT2D eigenvalue weighted by Crippen LogP contribution is -2.31. The van der Waals surface area contributed by atoms with E-state index in [2.05, 4.69) is 0 Å². The number of ether oxygens (including phenoxy) is 1. The second-order valence-electron chi connectivity index (χ2n) is 4.35. The number of carbonyl (C=O) groups is 3. The van der Waals surface area contributed by atoms with Crippen molar-refractivity contribution in [1.29, 1.82) is 0 Å². The molecule has 5 nitrogen and oxygen atoms in total. The Morgan fingerprint density at radius 1 is 1.38 bits per heavy atom. The first-order valence-electron chi connectivity index (χ1n) is 6.42. The molecule has 0 bridgehead atoms. The van der Waals surface area contributed by atoms with Crippen LogP contribution in [0.1, 0.15) is 13.3 Å². The summed E-state index contributed by atoms with van der Waals surface area (Å²) in [6.07, 6.45) is 0.0888. The van der Waals surface area contributed by atoms with Crippen LogP contribution in [0.15, 0.2) is 24.3 Å². The fourth-order valence-corrected chi connectivity index (χ4v) is 3.02. The van der Waals surface area contributed by atoms with Crippen LogP contribution in [0.3, 0.4) is 0 Å². The lowest BCUT2D eigenvalue weighted by Gasteiger charge is -2.14. The number of hydrogen-bond donors (Lipinski definition) is 0. The number of carbonyl (C=O) groups excluding carboxylic acids is 3. The molecule has 1 aliphatic rings. The molecule has 0 radical (unpaired) electrons. The van der Waals surface area contributed by atoms with Gasteiger partial charge in [-0.1, -0.05) is 11.6 Å². The average molecular weight is 328 g/mol. The van der Waals surface area contributed by atoms with Crippen LogP contribution >= 0.6 is 23.4 Å². The van der Waals surface area contributed by atoms with Gasteiger partial charge in [-0.2, -0.15) is 0 Å². The maximum absolute atomic E-state index is 12.3. The first-order valence-corrected chi connectivity index (χ1v) is 7.85. The first-order chi connectivity index (χ1) is 10.0. The molecule has 0 saturated carbocycles. The van der Waals surface area contributed by atoms with E-state index >= 15 is 0 Å². The van der Waals surface area contributed by atoms with Crippen LogP contribution in [-0.4, -0.2) is 35.4 Å². The second kappa shape index (κ2) is 6.95. The Morgan fingerprint density at radius 3 is 2.67 bits per heavy atom. The van der Waals surface area contributed by atoms with Crippen molar-refractivity contribution in [3.05, 3.63) is 29.3 Å². The van der Waals surface area contributed by atoms with Crippen molar-refractivity contribution >= 4 is 46.8 Å². The summed E-state index contributed by atoms with van der Waals surface area (Å²) in [6.45, 7) is 2.02. The van der Waals surface area contributed by atoms with Crippen molar-refractivity contribution in [2.24, 2.45) is 0 Å². The highest BCUT2D eigenvalue weighted by atomic mass is 35.5. The highest BCUT2D eigenvalue weighted by molar-refractivity contribution is 8.01. The minimum Gasteiger partial charge on any atom is -0.465 e. The number of hydrogen-bond acceptors (Lipinski definition) is 5. The maximum Gasteiger partial charge on any atom is 0.315 e. The summed E-state index contributed by atoms with van der Waals surface area (Å²) in [5.41, 5.74) is 0.494. The Balaban J connectivity index is 2.03. The van der Waals surface area contributed by atoms with Gasteiger partial charge < -0.3 is 4.74 Å². The second-order valence-corrected chi connectivity index (χ2v) is 5.98. The molecular weight excluding hydrogens is 314 g/mol. The van der Waals surface area contributed by atoms with Crippen molar-refractivity contribution in [1.82, 2.24) is 0 Å². The van der Waals surface area contributed by atoms with Crippen molar-refractivity contribution in [3.8, 4) is 0 Å². The number of halogens is 1. The molecule has 0 spiro atoms. The zero-order chi connectivity index (χ0) is 15.4. The molecule has 2 amide bonds. The van der Waals surface area contributed by atoms with Gasteiger partial charge in [0.1, 0.15) is 0 Å². The van der Waals surface area contributed by atoms with Crippen LogP contribution in [-0.2, 0) is 19.1 Å². The first kappa shape index (κ1) is 15.9. The normalized spacial score (nSPS) is 18.2. The van der Waals surface area contributed by atoms with Crippen LogP contribution in [0.4, 0.5) is 5.69 Å². The predicted molar refractivity (Wildman–Crippen MR) is 81.4 cm³/mol. The van der Waals surface area contributed by atoms with E-state index in [1.807, 2.05) is 0 Å². The van der Waals surface area contributed by atoms with E-state index in [1.165, 1.54) is 0 Å². The van der Waals surface area contributed by atoms with E-state index in [0.717, 1.165) is 16.7 Å². The summed E-state index contributed by atoms with van der Waals surface area (Å²) in [6, 6.07) is 6.49. The smallest absolute Gasteiger partial charge is 0.315 e. The summed E-state index contributed by atoms with van der Waals surface area (Å²) in [5, 5.41) is -0.0105. The predicted octanol–water partition coefficient (Wildman–Crippen LogP) is 2.27. The molecular formula is C14H14ClNO4S. The fourth-order valence-electron chi connectivity index (χ4n) is 1.97. The molecule has 0 aromatic heterocycles. The van der Waals surface area contributed by atoms with E-state index in [4.69, 9.17) is 16.3 Å². The molecule has 1 atom stereocenters. The molecule has 2 rings (SSSR count). The molecule has 7 heteroatoms. The molecule has 1 aliphatic heterocycles. The molecule has 0 N–H and O–H groups in total. The van der Waals surface area contributed by atoms with E-state index in [-0.39, 0.29) is 30.0 Å². The van der Waals surface area contributed by atoms with Crippen LogP contribution < -0.4 is 4.90 Å². The van der Waals surface area contributed by atoms with E-state index in [0.29, 0.717) is 17.3 Å². The molecule has 0 unspecified atom stereocenters. The van der Waals surface area contributed by atoms with Crippen LogP contribution in [0, 0.1) is 0 Å². The number of thioether (sulfide) groups is 1. The Labute approximate surface area is 131 Å². The third-order valence-electron chi connectivity index (χ3n) is 2.90. The van der Waals surface area contributed by atoms with Crippen molar-refractivity contribution in [3.63, 3.8) is 0 Å². The van der Waals surface area contributed by atoms with Crippen LogP contribution in [0.25, 0.3) is 0 Å². The average Bonchev–Trinajstić information content (AvgIpc) is 2.73. The Hall–Kier alpha value is -1.53. The highest BCUT2D eigenvalue weighted by Crippen LogP contribution is 2.30.